The van der Waals surface area contributed by atoms with Gasteiger partial charge in [0.25, 0.3) is 0 Å². The second kappa shape index (κ2) is 3.93. The molecule has 0 fully saturated rings. The molecule has 1 heterocycles. The van der Waals surface area contributed by atoms with Gasteiger partial charge in [-0.2, -0.15) is 0 Å². The summed E-state index contributed by atoms with van der Waals surface area (Å²) >= 11 is 0. The van der Waals surface area contributed by atoms with E-state index in [1.807, 2.05) is 26.2 Å². The smallest absolute Gasteiger partial charge is 0.115 e. The van der Waals surface area contributed by atoms with E-state index in [1.54, 1.807) is 0 Å². The van der Waals surface area contributed by atoms with Gasteiger partial charge in [0.15, 0.2) is 0 Å². The topological polar surface area (TPSA) is 51.8 Å². The summed E-state index contributed by atoms with van der Waals surface area (Å²) in [4.78, 5) is 8.09. The Labute approximate surface area is 95.4 Å². The van der Waals surface area contributed by atoms with Gasteiger partial charge in [0, 0.05) is 23.6 Å². The highest BCUT2D eigenvalue weighted by Gasteiger charge is 2.10. The highest BCUT2D eigenvalue weighted by Crippen LogP contribution is 2.31. The number of hydrogen-bond acceptors (Lipinski definition) is 3. The van der Waals surface area contributed by atoms with Crippen LogP contribution in [0.1, 0.15) is 16.7 Å². The predicted molar refractivity (Wildman–Crippen MR) is 66.1 cm³/mol. The van der Waals surface area contributed by atoms with Crippen LogP contribution >= 0.6 is 0 Å². The zero-order valence-corrected chi connectivity index (χ0v) is 9.78. The molecule has 0 amide bonds. The standard InChI is InChI=1S/C13H15N3/c1-8-4-9(2)13(14)10(3)12(8)11-5-15-7-16-6-11/h4-7H,14H2,1-3H3. The Kier molecular flexibility index (Phi) is 2.60. The van der Waals surface area contributed by atoms with E-state index >= 15 is 0 Å². The molecule has 0 radical (unpaired) electrons. The van der Waals surface area contributed by atoms with Gasteiger partial charge in [-0.1, -0.05) is 6.07 Å². The van der Waals surface area contributed by atoms with Crippen molar-refractivity contribution in [2.45, 2.75) is 20.8 Å². The summed E-state index contributed by atoms with van der Waals surface area (Å²) in [5, 5.41) is 0. The maximum Gasteiger partial charge on any atom is 0.115 e. The van der Waals surface area contributed by atoms with Crippen LogP contribution in [-0.4, -0.2) is 9.97 Å². The lowest BCUT2D eigenvalue weighted by molar-refractivity contribution is 1.16. The Balaban J connectivity index is 2.71. The summed E-state index contributed by atoms with van der Waals surface area (Å²) in [5.41, 5.74) is 12.5. The minimum atomic E-state index is 0.851. The summed E-state index contributed by atoms with van der Waals surface area (Å²) in [5.74, 6) is 0. The van der Waals surface area contributed by atoms with E-state index in [9.17, 15) is 0 Å². The summed E-state index contributed by atoms with van der Waals surface area (Å²) < 4.78 is 0. The zero-order valence-electron chi connectivity index (χ0n) is 9.78. The first kappa shape index (κ1) is 10.6. The monoisotopic (exact) mass is 213 g/mol. The first-order valence-electron chi connectivity index (χ1n) is 5.23. The van der Waals surface area contributed by atoms with Crippen LogP contribution in [0, 0.1) is 20.8 Å². The van der Waals surface area contributed by atoms with E-state index in [1.165, 1.54) is 11.9 Å². The third-order valence-corrected chi connectivity index (χ3v) is 2.88. The molecular weight excluding hydrogens is 198 g/mol. The largest absolute Gasteiger partial charge is 0.398 e. The Morgan fingerprint density at radius 1 is 1.00 bits per heavy atom. The van der Waals surface area contributed by atoms with Crippen LogP contribution in [0.2, 0.25) is 0 Å². The molecule has 3 heteroatoms. The van der Waals surface area contributed by atoms with Gasteiger partial charge >= 0.3 is 0 Å². The van der Waals surface area contributed by atoms with Crippen molar-refractivity contribution in [3.8, 4) is 11.1 Å². The fourth-order valence-electron chi connectivity index (χ4n) is 2.07. The maximum absolute atomic E-state index is 6.05. The van der Waals surface area contributed by atoms with Crippen LogP contribution in [-0.2, 0) is 0 Å². The Morgan fingerprint density at radius 2 is 1.62 bits per heavy atom. The molecule has 2 N–H and O–H groups in total. The summed E-state index contributed by atoms with van der Waals surface area (Å²) in [7, 11) is 0. The first-order chi connectivity index (χ1) is 7.61. The molecule has 0 saturated heterocycles. The van der Waals surface area contributed by atoms with Crippen molar-refractivity contribution in [2.75, 3.05) is 5.73 Å². The van der Waals surface area contributed by atoms with Gasteiger partial charge < -0.3 is 5.73 Å². The Morgan fingerprint density at radius 3 is 2.25 bits per heavy atom. The van der Waals surface area contributed by atoms with Gasteiger partial charge in [-0.25, -0.2) is 9.97 Å². The van der Waals surface area contributed by atoms with Crippen molar-refractivity contribution in [3.63, 3.8) is 0 Å². The fraction of sp³-hybridized carbons (Fsp3) is 0.231. The fourth-order valence-corrected chi connectivity index (χ4v) is 2.07. The van der Waals surface area contributed by atoms with E-state index in [2.05, 4.69) is 23.0 Å². The van der Waals surface area contributed by atoms with Crippen LogP contribution in [0.5, 0.6) is 0 Å². The van der Waals surface area contributed by atoms with Crippen LogP contribution in [0.4, 0.5) is 5.69 Å². The zero-order chi connectivity index (χ0) is 11.7. The molecule has 0 spiro atoms. The summed E-state index contributed by atoms with van der Waals surface area (Å²) in [6.45, 7) is 6.15. The van der Waals surface area contributed by atoms with Crippen molar-refractivity contribution < 1.29 is 0 Å². The summed E-state index contributed by atoms with van der Waals surface area (Å²) in [6.07, 6.45) is 5.17. The molecule has 0 aliphatic heterocycles. The molecule has 0 saturated carbocycles. The number of nitrogens with two attached hydrogens (primary N) is 1. The van der Waals surface area contributed by atoms with E-state index in [-0.39, 0.29) is 0 Å². The number of hydrogen-bond donors (Lipinski definition) is 1. The van der Waals surface area contributed by atoms with E-state index < -0.39 is 0 Å². The molecule has 0 aliphatic rings. The van der Waals surface area contributed by atoms with Crippen molar-refractivity contribution >= 4 is 5.69 Å². The highest BCUT2D eigenvalue weighted by molar-refractivity contribution is 5.76. The molecule has 1 aromatic carbocycles. The average Bonchev–Trinajstić information content (AvgIpc) is 2.28. The highest BCUT2D eigenvalue weighted by atomic mass is 14.8. The normalized spacial score (nSPS) is 10.4. The number of rotatable bonds is 1. The Hall–Kier alpha value is -1.90. The number of benzene rings is 1. The van der Waals surface area contributed by atoms with Gasteiger partial charge in [-0.05, 0) is 43.0 Å². The first-order valence-corrected chi connectivity index (χ1v) is 5.23. The summed E-state index contributed by atoms with van der Waals surface area (Å²) in [6, 6.07) is 2.10. The van der Waals surface area contributed by atoms with Gasteiger partial charge in [0.1, 0.15) is 6.33 Å². The number of aromatic nitrogens is 2. The molecule has 2 rings (SSSR count). The predicted octanol–water partition coefficient (Wildman–Crippen LogP) is 2.65. The van der Waals surface area contributed by atoms with Gasteiger partial charge in [-0.15, -0.1) is 0 Å². The molecule has 2 aromatic rings. The third kappa shape index (κ3) is 1.65. The number of nitrogens with zero attached hydrogens (tertiary/aromatic N) is 2. The van der Waals surface area contributed by atoms with Gasteiger partial charge in [0.2, 0.25) is 0 Å². The van der Waals surface area contributed by atoms with Crippen molar-refractivity contribution in [3.05, 3.63) is 41.5 Å². The molecule has 3 nitrogen and oxygen atoms in total. The number of nitrogen functional groups attached to an aromatic ring is 1. The molecule has 16 heavy (non-hydrogen) atoms. The molecule has 0 aliphatic carbocycles. The molecule has 1 aromatic heterocycles. The molecular formula is C13H15N3. The van der Waals surface area contributed by atoms with E-state index in [4.69, 9.17) is 5.73 Å². The quantitative estimate of drug-likeness (QED) is 0.741. The van der Waals surface area contributed by atoms with Gasteiger partial charge in [0.05, 0.1) is 0 Å². The van der Waals surface area contributed by atoms with Crippen molar-refractivity contribution in [1.29, 1.82) is 0 Å². The van der Waals surface area contributed by atoms with Crippen LogP contribution in [0.3, 0.4) is 0 Å². The van der Waals surface area contributed by atoms with E-state index in [0.717, 1.165) is 27.9 Å². The van der Waals surface area contributed by atoms with E-state index in [0.29, 0.717) is 0 Å². The second-order valence-electron chi connectivity index (χ2n) is 4.05. The van der Waals surface area contributed by atoms with Crippen molar-refractivity contribution in [1.82, 2.24) is 9.97 Å². The SMILES string of the molecule is Cc1cc(C)c(-c2cncnc2)c(C)c1N. The Bertz CT molecular complexity index is 518. The second-order valence-corrected chi connectivity index (χ2v) is 4.05. The third-order valence-electron chi connectivity index (χ3n) is 2.88. The lowest BCUT2D eigenvalue weighted by Gasteiger charge is -2.14. The lowest BCUT2D eigenvalue weighted by Crippen LogP contribution is -1.99. The minimum Gasteiger partial charge on any atom is -0.398 e. The maximum atomic E-state index is 6.05. The minimum absolute atomic E-state index is 0.851. The van der Waals surface area contributed by atoms with Crippen LogP contribution < -0.4 is 5.73 Å². The van der Waals surface area contributed by atoms with Crippen molar-refractivity contribution in [2.24, 2.45) is 0 Å². The lowest BCUT2D eigenvalue weighted by atomic mass is 9.94. The van der Waals surface area contributed by atoms with Gasteiger partial charge in [-0.3, -0.25) is 0 Å². The molecule has 0 bridgehead atoms. The average molecular weight is 213 g/mol. The molecule has 82 valence electrons. The molecule has 0 unspecified atom stereocenters. The van der Waals surface area contributed by atoms with Crippen LogP contribution in [0.15, 0.2) is 24.8 Å². The van der Waals surface area contributed by atoms with Crippen LogP contribution in [0.25, 0.3) is 11.1 Å². The number of aryl methyl sites for hydroxylation is 2. The number of anilines is 1. The molecule has 0 atom stereocenters.